The lowest BCUT2D eigenvalue weighted by Crippen LogP contribution is -2.02. The fourth-order valence-electron chi connectivity index (χ4n) is 1.29. The molecule has 1 heterocycles. The van der Waals surface area contributed by atoms with Gasteiger partial charge in [-0.15, -0.1) is 0 Å². The molecule has 3 nitrogen and oxygen atoms in total. The minimum atomic E-state index is 0.528. The number of pyridine rings is 1. The molecular formula is C12H20N2O. The molecule has 15 heavy (non-hydrogen) atoms. The first-order chi connectivity index (χ1) is 7.22. The van der Waals surface area contributed by atoms with Gasteiger partial charge in [0, 0.05) is 18.8 Å². The van der Waals surface area contributed by atoms with Crippen molar-refractivity contribution in [1.29, 1.82) is 0 Å². The third kappa shape index (κ3) is 4.79. The lowest BCUT2D eigenvalue weighted by Gasteiger charge is -2.06. The van der Waals surface area contributed by atoms with Gasteiger partial charge in [-0.05, 0) is 24.3 Å². The van der Waals surface area contributed by atoms with Crippen molar-refractivity contribution in [2.45, 2.75) is 33.2 Å². The quantitative estimate of drug-likeness (QED) is 0.730. The molecule has 0 fully saturated rings. The van der Waals surface area contributed by atoms with E-state index in [0.29, 0.717) is 12.4 Å². The van der Waals surface area contributed by atoms with E-state index < -0.39 is 0 Å². The van der Waals surface area contributed by atoms with Gasteiger partial charge in [-0.2, -0.15) is 0 Å². The van der Waals surface area contributed by atoms with Crippen LogP contribution in [0.1, 0.15) is 32.3 Å². The highest BCUT2D eigenvalue weighted by Gasteiger charge is 1.97. The fourth-order valence-corrected chi connectivity index (χ4v) is 1.29. The zero-order valence-corrected chi connectivity index (χ0v) is 9.57. The van der Waals surface area contributed by atoms with Crippen LogP contribution >= 0.6 is 0 Å². The molecule has 0 saturated carbocycles. The Morgan fingerprint density at radius 3 is 2.73 bits per heavy atom. The Bertz CT molecular complexity index is 269. The second-order valence-electron chi connectivity index (χ2n) is 4.09. The highest BCUT2D eigenvalue weighted by molar-refractivity contribution is 5.17. The molecule has 0 spiro atoms. The van der Waals surface area contributed by atoms with Crippen LogP contribution in [0.15, 0.2) is 18.3 Å². The largest absolute Gasteiger partial charge is 0.478 e. The number of nitrogens with two attached hydrogens (primary N) is 1. The molecule has 84 valence electrons. The maximum atomic E-state index is 5.50. The lowest BCUT2D eigenvalue weighted by molar-refractivity contribution is 0.287. The van der Waals surface area contributed by atoms with Gasteiger partial charge in [-0.1, -0.05) is 19.9 Å². The summed E-state index contributed by atoms with van der Waals surface area (Å²) < 4.78 is 5.50. The van der Waals surface area contributed by atoms with Gasteiger partial charge in [0.1, 0.15) is 0 Å². The summed E-state index contributed by atoms with van der Waals surface area (Å²) in [5, 5.41) is 0. The second kappa shape index (κ2) is 6.40. The third-order valence-electron chi connectivity index (χ3n) is 2.21. The van der Waals surface area contributed by atoms with Gasteiger partial charge in [0.25, 0.3) is 0 Å². The van der Waals surface area contributed by atoms with Gasteiger partial charge in [-0.25, -0.2) is 4.98 Å². The van der Waals surface area contributed by atoms with E-state index >= 15 is 0 Å². The Hall–Kier alpha value is -1.09. The topological polar surface area (TPSA) is 48.1 Å². The third-order valence-corrected chi connectivity index (χ3v) is 2.21. The Morgan fingerprint density at radius 2 is 2.20 bits per heavy atom. The summed E-state index contributed by atoms with van der Waals surface area (Å²) in [4.78, 5) is 4.16. The first-order valence-electron chi connectivity index (χ1n) is 5.50. The Morgan fingerprint density at radius 1 is 1.40 bits per heavy atom. The molecular weight excluding hydrogens is 188 g/mol. The maximum absolute atomic E-state index is 5.50. The van der Waals surface area contributed by atoms with Gasteiger partial charge in [0.15, 0.2) is 0 Å². The van der Waals surface area contributed by atoms with E-state index in [2.05, 4.69) is 18.8 Å². The molecule has 0 aliphatic heterocycles. The Kier molecular flexibility index (Phi) is 5.12. The van der Waals surface area contributed by atoms with E-state index in [1.54, 1.807) is 6.20 Å². The predicted octanol–water partition coefficient (Wildman–Crippen LogP) is 2.36. The highest BCUT2D eigenvalue weighted by Crippen LogP contribution is 2.09. The molecule has 0 unspecified atom stereocenters. The molecule has 0 amide bonds. The zero-order chi connectivity index (χ0) is 11.1. The van der Waals surface area contributed by atoms with E-state index in [1.165, 1.54) is 6.42 Å². The van der Waals surface area contributed by atoms with Crippen molar-refractivity contribution >= 4 is 0 Å². The number of rotatable bonds is 6. The minimum Gasteiger partial charge on any atom is -0.478 e. The monoisotopic (exact) mass is 208 g/mol. The number of aromatic nitrogens is 1. The van der Waals surface area contributed by atoms with E-state index in [9.17, 15) is 0 Å². The van der Waals surface area contributed by atoms with Crippen LogP contribution in [-0.4, -0.2) is 11.6 Å². The van der Waals surface area contributed by atoms with Gasteiger partial charge in [0.05, 0.1) is 6.61 Å². The van der Waals surface area contributed by atoms with E-state index in [4.69, 9.17) is 10.5 Å². The molecule has 2 N–H and O–H groups in total. The molecule has 1 rings (SSSR count). The maximum Gasteiger partial charge on any atom is 0.213 e. The average Bonchev–Trinajstić information content (AvgIpc) is 2.25. The van der Waals surface area contributed by atoms with Crippen LogP contribution in [0, 0.1) is 5.92 Å². The highest BCUT2D eigenvalue weighted by atomic mass is 16.5. The Balaban J connectivity index is 2.25. The number of ether oxygens (including phenoxy) is 1. The number of hydrogen-bond acceptors (Lipinski definition) is 3. The molecule has 0 saturated heterocycles. The van der Waals surface area contributed by atoms with Crippen LogP contribution in [0.4, 0.5) is 0 Å². The summed E-state index contributed by atoms with van der Waals surface area (Å²) in [7, 11) is 0. The fraction of sp³-hybridized carbons (Fsp3) is 0.583. The van der Waals surface area contributed by atoms with Crippen LogP contribution < -0.4 is 10.5 Å². The average molecular weight is 208 g/mol. The summed E-state index contributed by atoms with van der Waals surface area (Å²) >= 11 is 0. The predicted molar refractivity (Wildman–Crippen MR) is 61.7 cm³/mol. The summed E-state index contributed by atoms with van der Waals surface area (Å²) in [6.45, 7) is 5.70. The second-order valence-corrected chi connectivity index (χ2v) is 4.09. The van der Waals surface area contributed by atoms with E-state index in [-0.39, 0.29) is 0 Å². The summed E-state index contributed by atoms with van der Waals surface area (Å²) in [6, 6.07) is 3.82. The molecule has 3 heteroatoms. The van der Waals surface area contributed by atoms with Crippen molar-refractivity contribution in [2.75, 3.05) is 6.61 Å². The molecule has 1 aromatic heterocycles. The van der Waals surface area contributed by atoms with Crippen molar-refractivity contribution in [3.05, 3.63) is 23.9 Å². The minimum absolute atomic E-state index is 0.528. The van der Waals surface area contributed by atoms with Gasteiger partial charge >= 0.3 is 0 Å². The van der Waals surface area contributed by atoms with E-state index in [0.717, 1.165) is 24.5 Å². The van der Waals surface area contributed by atoms with Crippen LogP contribution in [0.25, 0.3) is 0 Å². The van der Waals surface area contributed by atoms with Crippen LogP contribution in [0.5, 0.6) is 5.88 Å². The van der Waals surface area contributed by atoms with Crippen LogP contribution in [-0.2, 0) is 6.54 Å². The summed E-state index contributed by atoms with van der Waals surface area (Å²) in [5.74, 6) is 1.43. The van der Waals surface area contributed by atoms with E-state index in [1.807, 2.05) is 12.1 Å². The van der Waals surface area contributed by atoms with Crippen molar-refractivity contribution in [3.63, 3.8) is 0 Å². The number of hydrogen-bond donors (Lipinski definition) is 1. The van der Waals surface area contributed by atoms with Crippen LogP contribution in [0.3, 0.4) is 0 Å². The first-order valence-corrected chi connectivity index (χ1v) is 5.50. The van der Waals surface area contributed by atoms with Gasteiger partial charge in [-0.3, -0.25) is 0 Å². The summed E-state index contributed by atoms with van der Waals surface area (Å²) in [6.07, 6.45) is 4.04. The van der Waals surface area contributed by atoms with Crippen LogP contribution in [0.2, 0.25) is 0 Å². The first kappa shape index (κ1) is 12.0. The molecule has 0 bridgehead atoms. The van der Waals surface area contributed by atoms with Crippen molar-refractivity contribution in [3.8, 4) is 5.88 Å². The number of nitrogens with zero attached hydrogens (tertiary/aromatic N) is 1. The van der Waals surface area contributed by atoms with Gasteiger partial charge in [0.2, 0.25) is 5.88 Å². The summed E-state index contributed by atoms with van der Waals surface area (Å²) in [5.41, 5.74) is 6.51. The SMILES string of the molecule is CC(C)CCCOc1ccc(CN)cn1. The smallest absolute Gasteiger partial charge is 0.213 e. The normalized spacial score (nSPS) is 10.7. The molecule has 0 atom stereocenters. The molecule has 1 aromatic rings. The van der Waals surface area contributed by atoms with Crippen molar-refractivity contribution < 1.29 is 4.74 Å². The molecule has 0 aliphatic rings. The molecule has 0 radical (unpaired) electrons. The standard InChI is InChI=1S/C12H20N2O/c1-10(2)4-3-7-15-12-6-5-11(8-13)9-14-12/h5-6,9-10H,3-4,7-8,13H2,1-2H3. The lowest BCUT2D eigenvalue weighted by atomic mass is 10.1. The zero-order valence-electron chi connectivity index (χ0n) is 9.57. The van der Waals surface area contributed by atoms with Crippen molar-refractivity contribution in [2.24, 2.45) is 11.7 Å². The Labute approximate surface area is 91.7 Å². The van der Waals surface area contributed by atoms with Gasteiger partial charge < -0.3 is 10.5 Å². The molecule has 0 aliphatic carbocycles. The molecule has 0 aromatic carbocycles. The van der Waals surface area contributed by atoms with Crippen molar-refractivity contribution in [1.82, 2.24) is 4.98 Å².